The minimum atomic E-state index is -1.93. The maximum absolute atomic E-state index is 6.28. The minimum absolute atomic E-state index is 0.877. The first-order valence-electron chi connectivity index (χ1n) is 5.80. The molecule has 1 unspecified atom stereocenters. The van der Waals surface area contributed by atoms with Gasteiger partial charge in [-0.05, 0) is 45.2 Å². The fourth-order valence-corrected chi connectivity index (χ4v) is 13.5. The Morgan fingerprint density at radius 1 is 1.07 bits per heavy atom. The highest BCUT2D eigenvalue weighted by Crippen LogP contribution is 2.23. The van der Waals surface area contributed by atoms with Crippen molar-refractivity contribution < 1.29 is 12.7 Å². The fourth-order valence-electron chi connectivity index (χ4n) is 2.08. The first-order valence-corrected chi connectivity index (χ1v) is 13.8. The monoisotopic (exact) mass is 264 g/mol. The second kappa shape index (κ2) is 5.24. The van der Waals surface area contributed by atoms with Gasteiger partial charge in [-0.1, -0.05) is 6.42 Å². The molecule has 1 aliphatic rings. The standard InChI is InChI=1S/C9H24O3Si3/c1-13-10-8-6-7-9-14(2,3)12-15(4,5)11-13/h13H,6-9H2,1-5H3. The lowest BCUT2D eigenvalue weighted by atomic mass is 10.4. The van der Waals surface area contributed by atoms with Gasteiger partial charge in [0.25, 0.3) is 0 Å². The van der Waals surface area contributed by atoms with E-state index in [-0.39, 0.29) is 0 Å². The zero-order chi connectivity index (χ0) is 11.5. The summed E-state index contributed by atoms with van der Waals surface area (Å²) in [5.41, 5.74) is 0. The second-order valence-corrected chi connectivity index (χ2v) is 15.3. The zero-order valence-electron chi connectivity index (χ0n) is 10.6. The molecule has 0 aromatic carbocycles. The molecule has 0 spiro atoms. The predicted octanol–water partition coefficient (Wildman–Crippen LogP) is 2.59. The van der Waals surface area contributed by atoms with Gasteiger partial charge in [-0.15, -0.1) is 0 Å². The smallest absolute Gasteiger partial charge is 0.312 e. The molecule has 0 aromatic rings. The van der Waals surface area contributed by atoms with E-state index >= 15 is 0 Å². The van der Waals surface area contributed by atoms with E-state index in [1.54, 1.807) is 0 Å². The Labute approximate surface area is 97.3 Å². The van der Waals surface area contributed by atoms with Gasteiger partial charge in [0.1, 0.15) is 0 Å². The van der Waals surface area contributed by atoms with E-state index in [9.17, 15) is 0 Å². The van der Waals surface area contributed by atoms with Crippen LogP contribution in [0.3, 0.4) is 0 Å². The molecule has 1 aliphatic heterocycles. The molecule has 0 aliphatic carbocycles. The van der Waals surface area contributed by atoms with Gasteiger partial charge in [-0.2, -0.15) is 0 Å². The Morgan fingerprint density at radius 3 is 2.40 bits per heavy atom. The highest BCUT2D eigenvalue weighted by Gasteiger charge is 2.36. The van der Waals surface area contributed by atoms with Crippen molar-refractivity contribution in [2.45, 2.75) is 51.6 Å². The predicted molar refractivity (Wildman–Crippen MR) is 70.1 cm³/mol. The molecule has 0 saturated carbocycles. The van der Waals surface area contributed by atoms with Crippen LogP contribution in [0.2, 0.25) is 38.8 Å². The van der Waals surface area contributed by atoms with Crippen LogP contribution in [0.4, 0.5) is 0 Å². The summed E-state index contributed by atoms with van der Waals surface area (Å²) in [5, 5.41) is 0. The van der Waals surface area contributed by atoms with E-state index < -0.39 is 26.2 Å². The summed E-state index contributed by atoms with van der Waals surface area (Å²) in [6.07, 6.45) is 2.40. The summed E-state index contributed by atoms with van der Waals surface area (Å²) in [6.45, 7) is 11.9. The van der Waals surface area contributed by atoms with Crippen molar-refractivity contribution in [2.75, 3.05) is 6.61 Å². The quantitative estimate of drug-likeness (QED) is 0.630. The lowest BCUT2D eigenvalue weighted by molar-refractivity contribution is 0.241. The average Bonchev–Trinajstić information content (AvgIpc) is 1.98. The maximum atomic E-state index is 6.28. The van der Waals surface area contributed by atoms with Crippen LogP contribution >= 0.6 is 0 Å². The van der Waals surface area contributed by atoms with Crippen LogP contribution in [0.25, 0.3) is 0 Å². The molecule has 0 aromatic heterocycles. The average molecular weight is 265 g/mol. The molecule has 0 amide bonds. The molecular formula is C9H24O3Si3. The van der Waals surface area contributed by atoms with E-state index in [1.807, 2.05) is 0 Å². The Kier molecular flexibility index (Phi) is 4.75. The van der Waals surface area contributed by atoms with Crippen LogP contribution in [0.1, 0.15) is 12.8 Å². The molecule has 1 atom stereocenters. The Morgan fingerprint density at radius 2 is 1.73 bits per heavy atom. The van der Waals surface area contributed by atoms with Gasteiger partial charge in [-0.25, -0.2) is 0 Å². The van der Waals surface area contributed by atoms with Gasteiger partial charge >= 0.3 is 17.8 Å². The van der Waals surface area contributed by atoms with Crippen molar-refractivity contribution in [1.82, 2.24) is 0 Å². The van der Waals surface area contributed by atoms with Gasteiger partial charge in [0.2, 0.25) is 0 Å². The van der Waals surface area contributed by atoms with E-state index in [0.29, 0.717) is 0 Å². The first-order chi connectivity index (χ1) is 6.81. The molecule has 0 radical (unpaired) electrons. The first kappa shape index (κ1) is 13.6. The topological polar surface area (TPSA) is 27.7 Å². The summed E-state index contributed by atoms with van der Waals surface area (Å²) < 4.78 is 18.0. The third kappa shape index (κ3) is 5.41. The summed E-state index contributed by atoms with van der Waals surface area (Å²) in [6, 6.07) is 1.23. The fraction of sp³-hybridized carbons (Fsp3) is 1.00. The molecular weight excluding hydrogens is 240 g/mol. The van der Waals surface area contributed by atoms with Crippen molar-refractivity contribution >= 4 is 26.2 Å². The van der Waals surface area contributed by atoms with E-state index in [4.69, 9.17) is 12.7 Å². The molecule has 0 bridgehead atoms. The van der Waals surface area contributed by atoms with Crippen LogP contribution in [-0.2, 0) is 12.7 Å². The Bertz CT molecular complexity index is 209. The summed E-state index contributed by atoms with van der Waals surface area (Å²) in [7, 11) is -4.86. The molecule has 1 heterocycles. The summed E-state index contributed by atoms with van der Waals surface area (Å²) >= 11 is 0. The van der Waals surface area contributed by atoms with Crippen LogP contribution in [0, 0.1) is 0 Å². The van der Waals surface area contributed by atoms with Crippen molar-refractivity contribution in [3.63, 3.8) is 0 Å². The normalized spacial score (nSPS) is 32.2. The highest BCUT2D eigenvalue weighted by molar-refractivity contribution is 6.84. The van der Waals surface area contributed by atoms with E-state index in [1.165, 1.54) is 12.5 Å². The Balaban J connectivity index is 2.64. The van der Waals surface area contributed by atoms with Gasteiger partial charge in [-0.3, -0.25) is 0 Å². The third-order valence-electron chi connectivity index (χ3n) is 2.50. The SMILES string of the molecule is C[SiH]1OCCCC[Si](C)(C)O[Si](C)(C)O1. The number of rotatable bonds is 0. The van der Waals surface area contributed by atoms with E-state index in [2.05, 4.69) is 32.7 Å². The zero-order valence-corrected chi connectivity index (χ0v) is 13.8. The molecule has 6 heteroatoms. The number of hydrogen-bond donors (Lipinski definition) is 0. The van der Waals surface area contributed by atoms with Crippen LogP contribution in [0.15, 0.2) is 0 Å². The van der Waals surface area contributed by atoms with Crippen LogP contribution < -0.4 is 0 Å². The summed E-state index contributed by atoms with van der Waals surface area (Å²) in [5.74, 6) is 0. The third-order valence-corrected chi connectivity index (χ3v) is 12.5. The van der Waals surface area contributed by atoms with Crippen LogP contribution in [0.5, 0.6) is 0 Å². The van der Waals surface area contributed by atoms with Gasteiger partial charge in [0.15, 0.2) is 8.32 Å². The van der Waals surface area contributed by atoms with Gasteiger partial charge < -0.3 is 12.7 Å². The van der Waals surface area contributed by atoms with E-state index in [0.717, 1.165) is 13.0 Å². The van der Waals surface area contributed by atoms with Crippen molar-refractivity contribution in [3.05, 3.63) is 0 Å². The molecule has 3 nitrogen and oxygen atoms in total. The molecule has 0 N–H and O–H groups in total. The molecule has 1 fully saturated rings. The second-order valence-electron chi connectivity index (χ2n) is 5.27. The van der Waals surface area contributed by atoms with Crippen molar-refractivity contribution in [3.8, 4) is 0 Å². The lowest BCUT2D eigenvalue weighted by Crippen LogP contribution is -2.49. The Hall–Kier alpha value is 0.531. The maximum Gasteiger partial charge on any atom is 0.312 e. The molecule has 1 rings (SSSR count). The molecule has 90 valence electrons. The molecule has 1 saturated heterocycles. The highest BCUT2D eigenvalue weighted by atomic mass is 28.5. The largest absolute Gasteiger partial charge is 0.436 e. The van der Waals surface area contributed by atoms with Crippen molar-refractivity contribution in [1.29, 1.82) is 0 Å². The minimum Gasteiger partial charge on any atom is -0.436 e. The number of hydrogen-bond acceptors (Lipinski definition) is 3. The summed E-state index contributed by atoms with van der Waals surface area (Å²) in [4.78, 5) is 0. The lowest BCUT2D eigenvalue weighted by Gasteiger charge is -2.36. The van der Waals surface area contributed by atoms with Gasteiger partial charge in [0.05, 0.1) is 0 Å². The van der Waals surface area contributed by atoms with Crippen LogP contribution in [-0.4, -0.2) is 32.8 Å². The molecule has 15 heavy (non-hydrogen) atoms. The van der Waals surface area contributed by atoms with Gasteiger partial charge in [0, 0.05) is 6.61 Å². The van der Waals surface area contributed by atoms with Crippen molar-refractivity contribution in [2.24, 2.45) is 0 Å².